The summed E-state index contributed by atoms with van der Waals surface area (Å²) < 4.78 is 11.1. The molecule has 28 heavy (non-hydrogen) atoms. The van der Waals surface area contributed by atoms with Gasteiger partial charge in [-0.3, -0.25) is 0 Å². The van der Waals surface area contributed by atoms with Crippen LogP contribution < -0.4 is 14.8 Å². The van der Waals surface area contributed by atoms with E-state index in [0.29, 0.717) is 12.7 Å². The van der Waals surface area contributed by atoms with Crippen molar-refractivity contribution in [3.63, 3.8) is 0 Å². The lowest BCUT2D eigenvalue weighted by molar-refractivity contribution is -0.692. The molecule has 2 aliphatic heterocycles. The molecular formula is C24H21N2O2+. The molecule has 0 unspecified atom stereocenters. The summed E-state index contributed by atoms with van der Waals surface area (Å²) in [6.07, 6.45) is 0. The van der Waals surface area contributed by atoms with Gasteiger partial charge < -0.3 is 19.8 Å². The molecule has 3 N–H and O–H groups in total. The molecule has 0 saturated carbocycles. The average molecular weight is 369 g/mol. The third-order valence-corrected chi connectivity index (χ3v) is 6.00. The van der Waals surface area contributed by atoms with E-state index in [2.05, 4.69) is 77.0 Å². The van der Waals surface area contributed by atoms with E-state index in [1.54, 1.807) is 0 Å². The third-order valence-electron chi connectivity index (χ3n) is 6.00. The highest BCUT2D eigenvalue weighted by Crippen LogP contribution is 2.41. The van der Waals surface area contributed by atoms with E-state index in [-0.39, 0.29) is 6.04 Å². The van der Waals surface area contributed by atoms with Gasteiger partial charge in [0.05, 0.1) is 18.2 Å². The van der Waals surface area contributed by atoms with Crippen LogP contribution in [0.15, 0.2) is 72.8 Å². The number of aromatic nitrogens is 1. The molecule has 3 aromatic carbocycles. The van der Waals surface area contributed by atoms with Crippen LogP contribution >= 0.6 is 0 Å². The fraction of sp³-hybridized carbons (Fsp3) is 0.167. The highest BCUT2D eigenvalue weighted by atomic mass is 16.7. The van der Waals surface area contributed by atoms with Crippen LogP contribution in [0, 0.1) is 0 Å². The Bertz CT molecular complexity index is 1170. The van der Waals surface area contributed by atoms with E-state index in [0.717, 1.165) is 18.0 Å². The number of hydrogen-bond acceptors (Lipinski definition) is 2. The predicted molar refractivity (Wildman–Crippen MR) is 108 cm³/mol. The third kappa shape index (κ3) is 2.35. The van der Waals surface area contributed by atoms with Gasteiger partial charge in [0.25, 0.3) is 0 Å². The molecule has 138 valence electrons. The van der Waals surface area contributed by atoms with Gasteiger partial charge in [-0.2, -0.15) is 0 Å². The normalized spacial score (nSPS) is 20.3. The number of quaternary nitrogens is 1. The number of ether oxygens (including phenoxy) is 2. The summed E-state index contributed by atoms with van der Waals surface area (Å²) in [6, 6.07) is 26.0. The zero-order valence-electron chi connectivity index (χ0n) is 15.4. The molecule has 2 aliphatic rings. The summed E-state index contributed by atoms with van der Waals surface area (Å²) in [4.78, 5) is 3.73. The van der Waals surface area contributed by atoms with Gasteiger partial charge in [0, 0.05) is 22.0 Å². The zero-order chi connectivity index (χ0) is 18.5. The Balaban J connectivity index is 1.53. The second-order valence-corrected chi connectivity index (χ2v) is 7.52. The lowest BCUT2D eigenvalue weighted by Crippen LogP contribution is -2.88. The minimum Gasteiger partial charge on any atom is -0.454 e. The number of nitrogens with one attached hydrogen (secondary N) is 1. The van der Waals surface area contributed by atoms with Crippen LogP contribution in [0.3, 0.4) is 0 Å². The van der Waals surface area contributed by atoms with Gasteiger partial charge in [-0.1, -0.05) is 48.5 Å². The van der Waals surface area contributed by atoms with Gasteiger partial charge in [0.2, 0.25) is 6.79 Å². The molecule has 0 saturated heterocycles. The number of benzene rings is 3. The highest BCUT2D eigenvalue weighted by Gasteiger charge is 2.36. The summed E-state index contributed by atoms with van der Waals surface area (Å²) in [5, 5.41) is 3.76. The summed E-state index contributed by atoms with van der Waals surface area (Å²) in [6.45, 7) is 1.32. The van der Waals surface area contributed by atoms with Gasteiger partial charge in [-0.15, -0.1) is 0 Å². The Labute approximate surface area is 163 Å². The minimum absolute atomic E-state index is 0.219. The van der Waals surface area contributed by atoms with Crippen LogP contribution in [0.1, 0.15) is 34.3 Å². The van der Waals surface area contributed by atoms with Crippen molar-refractivity contribution in [3.8, 4) is 11.5 Å². The van der Waals surface area contributed by atoms with Crippen molar-refractivity contribution >= 4 is 10.9 Å². The van der Waals surface area contributed by atoms with Gasteiger partial charge >= 0.3 is 0 Å². The quantitative estimate of drug-likeness (QED) is 0.566. The molecule has 1 aromatic heterocycles. The second-order valence-electron chi connectivity index (χ2n) is 7.52. The summed E-state index contributed by atoms with van der Waals surface area (Å²) >= 11 is 0. The minimum atomic E-state index is 0.219. The van der Waals surface area contributed by atoms with Crippen molar-refractivity contribution in [2.24, 2.45) is 0 Å². The van der Waals surface area contributed by atoms with Crippen LogP contribution in [0.4, 0.5) is 0 Å². The fourth-order valence-electron chi connectivity index (χ4n) is 4.71. The standard InChI is InChI=1S/C24H20N2O2/c1-2-6-15(7-3-1)18-13-25-23(16-10-11-20-21(12-16)28-14-27-20)24-22(18)17-8-4-5-9-19(17)26-24/h1-12,18,23,25-26H,13-14H2/p+1/t18-,23+/m0/s1. The molecule has 0 spiro atoms. The van der Waals surface area contributed by atoms with Crippen molar-refractivity contribution < 1.29 is 14.8 Å². The molecule has 0 aliphatic carbocycles. The van der Waals surface area contributed by atoms with Gasteiger partial charge in [0.1, 0.15) is 0 Å². The van der Waals surface area contributed by atoms with Gasteiger partial charge in [0.15, 0.2) is 17.5 Å². The number of rotatable bonds is 2. The van der Waals surface area contributed by atoms with Crippen LogP contribution in [0.2, 0.25) is 0 Å². The molecule has 4 nitrogen and oxygen atoms in total. The summed E-state index contributed by atoms with van der Waals surface area (Å²) in [5.74, 6) is 2.05. The van der Waals surface area contributed by atoms with E-state index in [1.165, 1.54) is 33.3 Å². The van der Waals surface area contributed by atoms with Crippen molar-refractivity contribution in [3.05, 3.63) is 95.2 Å². The largest absolute Gasteiger partial charge is 0.454 e. The molecule has 3 heterocycles. The Kier molecular flexibility index (Phi) is 3.46. The van der Waals surface area contributed by atoms with Crippen LogP contribution in [0.5, 0.6) is 11.5 Å². The molecule has 4 heteroatoms. The first-order valence-electron chi connectivity index (χ1n) is 9.77. The molecule has 0 amide bonds. The van der Waals surface area contributed by atoms with E-state index >= 15 is 0 Å². The monoisotopic (exact) mass is 369 g/mol. The van der Waals surface area contributed by atoms with E-state index < -0.39 is 0 Å². The van der Waals surface area contributed by atoms with Crippen LogP contribution in [0.25, 0.3) is 10.9 Å². The SMILES string of the molecule is c1ccc([C@@H]2C[NH2+][C@H](c3ccc4c(c3)OCO4)c3[nH]c4ccccc4c32)cc1. The molecule has 6 rings (SSSR count). The maximum atomic E-state index is 5.62. The maximum absolute atomic E-state index is 5.62. The summed E-state index contributed by atoms with van der Waals surface area (Å²) in [5.41, 5.74) is 6.53. The predicted octanol–water partition coefficient (Wildman–Crippen LogP) is 3.69. The fourth-order valence-corrected chi connectivity index (χ4v) is 4.71. The lowest BCUT2D eigenvalue weighted by atomic mass is 9.83. The topological polar surface area (TPSA) is 50.9 Å². The van der Waals surface area contributed by atoms with E-state index in [1.807, 2.05) is 6.07 Å². The van der Waals surface area contributed by atoms with E-state index in [9.17, 15) is 0 Å². The maximum Gasteiger partial charge on any atom is 0.231 e. The number of nitrogens with two attached hydrogens (primary N) is 1. The van der Waals surface area contributed by atoms with Crippen LogP contribution in [-0.4, -0.2) is 18.3 Å². The molecular weight excluding hydrogens is 348 g/mol. The summed E-state index contributed by atoms with van der Waals surface area (Å²) in [7, 11) is 0. The molecule has 0 radical (unpaired) electrons. The second kappa shape index (κ2) is 6.14. The average Bonchev–Trinajstić information content (AvgIpc) is 3.38. The Morgan fingerprint density at radius 3 is 2.57 bits per heavy atom. The molecule has 0 bridgehead atoms. The first kappa shape index (κ1) is 15.8. The number of aromatic amines is 1. The number of fused-ring (bicyclic) bond motifs is 4. The van der Waals surface area contributed by atoms with Crippen LogP contribution in [-0.2, 0) is 0 Å². The lowest BCUT2D eigenvalue weighted by Gasteiger charge is -2.28. The van der Waals surface area contributed by atoms with Gasteiger partial charge in [-0.25, -0.2) is 0 Å². The molecule has 2 atom stereocenters. The van der Waals surface area contributed by atoms with Crippen molar-refractivity contribution in [2.75, 3.05) is 13.3 Å². The van der Waals surface area contributed by atoms with Gasteiger partial charge in [-0.05, 0) is 29.8 Å². The first-order chi connectivity index (χ1) is 13.9. The van der Waals surface area contributed by atoms with Crippen molar-refractivity contribution in [2.45, 2.75) is 12.0 Å². The number of H-pyrrole nitrogens is 1. The van der Waals surface area contributed by atoms with Crippen molar-refractivity contribution in [1.82, 2.24) is 4.98 Å². The van der Waals surface area contributed by atoms with Crippen molar-refractivity contribution in [1.29, 1.82) is 0 Å². The van der Waals surface area contributed by atoms with E-state index in [4.69, 9.17) is 9.47 Å². The Morgan fingerprint density at radius 1 is 0.821 bits per heavy atom. The Hall–Kier alpha value is -3.24. The molecule has 0 fully saturated rings. The molecule has 4 aromatic rings. The zero-order valence-corrected chi connectivity index (χ0v) is 15.4. The highest BCUT2D eigenvalue weighted by molar-refractivity contribution is 5.86. The first-order valence-corrected chi connectivity index (χ1v) is 9.77. The number of para-hydroxylation sites is 1. The number of hydrogen-bond donors (Lipinski definition) is 2. The smallest absolute Gasteiger partial charge is 0.231 e. The Morgan fingerprint density at radius 2 is 1.64 bits per heavy atom.